The Balaban J connectivity index is 2.22. The molecule has 0 amide bonds. The highest BCUT2D eigenvalue weighted by Gasteiger charge is 1.95. The van der Waals surface area contributed by atoms with Gasteiger partial charge in [0.15, 0.2) is 0 Å². The molecular weight excluding hydrogens is 234 g/mol. The lowest BCUT2D eigenvalue weighted by Crippen LogP contribution is -1.96. The Morgan fingerprint density at radius 1 is 1.16 bits per heavy atom. The summed E-state index contributed by atoms with van der Waals surface area (Å²) in [6, 6.07) is 8.15. The molecule has 0 bridgehead atoms. The third kappa shape index (κ3) is 7.66. The molecule has 0 aliphatic heterocycles. The molecule has 0 radical (unpaired) electrons. The van der Waals surface area contributed by atoms with Gasteiger partial charge in [0.2, 0.25) is 0 Å². The Morgan fingerprint density at radius 2 is 2.00 bits per heavy atom. The van der Waals surface area contributed by atoms with E-state index in [2.05, 4.69) is 30.9 Å². The average molecular weight is 259 g/mol. The zero-order chi connectivity index (χ0) is 13.8. The smallest absolute Gasteiger partial charge is 0.0717 e. The van der Waals surface area contributed by atoms with E-state index >= 15 is 0 Å². The molecule has 2 nitrogen and oxygen atoms in total. The zero-order valence-corrected chi connectivity index (χ0v) is 12.0. The van der Waals surface area contributed by atoms with Gasteiger partial charge in [0.05, 0.1) is 13.2 Å². The van der Waals surface area contributed by atoms with Crippen molar-refractivity contribution in [3.8, 4) is 11.8 Å². The topological polar surface area (TPSA) is 35.2 Å². The molecule has 0 aliphatic carbocycles. The van der Waals surface area contributed by atoms with Crippen LogP contribution in [0, 0.1) is 11.8 Å². The second-order valence-corrected chi connectivity index (χ2v) is 4.67. The van der Waals surface area contributed by atoms with Gasteiger partial charge in [-0.25, -0.2) is 0 Å². The maximum atomic E-state index is 5.69. The quantitative estimate of drug-likeness (QED) is 0.573. The summed E-state index contributed by atoms with van der Waals surface area (Å²) >= 11 is 0. The van der Waals surface area contributed by atoms with Gasteiger partial charge in [-0.1, -0.05) is 56.6 Å². The SMILES string of the molecule is CCCCCCCOCc1cccc(C#CCN)c1. The molecule has 19 heavy (non-hydrogen) atoms. The molecular formula is C17H25NO. The summed E-state index contributed by atoms with van der Waals surface area (Å²) < 4.78 is 5.69. The maximum Gasteiger partial charge on any atom is 0.0717 e. The number of nitrogens with two attached hydrogens (primary N) is 1. The van der Waals surface area contributed by atoms with E-state index in [1.807, 2.05) is 12.1 Å². The van der Waals surface area contributed by atoms with Crippen LogP contribution < -0.4 is 5.73 Å². The van der Waals surface area contributed by atoms with E-state index < -0.39 is 0 Å². The maximum absolute atomic E-state index is 5.69. The van der Waals surface area contributed by atoms with Crippen LogP contribution in [-0.4, -0.2) is 13.2 Å². The molecule has 0 spiro atoms. The minimum Gasteiger partial charge on any atom is -0.377 e. The van der Waals surface area contributed by atoms with Gasteiger partial charge in [-0.15, -0.1) is 0 Å². The first-order valence-electron chi connectivity index (χ1n) is 7.22. The number of benzene rings is 1. The van der Waals surface area contributed by atoms with Crippen molar-refractivity contribution in [1.82, 2.24) is 0 Å². The van der Waals surface area contributed by atoms with Crippen LogP contribution in [0.5, 0.6) is 0 Å². The van der Waals surface area contributed by atoms with Gasteiger partial charge < -0.3 is 10.5 Å². The lowest BCUT2D eigenvalue weighted by molar-refractivity contribution is 0.116. The van der Waals surface area contributed by atoms with Crippen molar-refractivity contribution in [3.05, 3.63) is 35.4 Å². The first kappa shape index (κ1) is 15.8. The second kappa shape index (κ2) is 10.6. The summed E-state index contributed by atoms with van der Waals surface area (Å²) in [5.41, 5.74) is 7.55. The minimum absolute atomic E-state index is 0.401. The van der Waals surface area contributed by atoms with E-state index in [0.29, 0.717) is 13.2 Å². The van der Waals surface area contributed by atoms with Crippen molar-refractivity contribution in [2.45, 2.75) is 45.6 Å². The highest BCUT2D eigenvalue weighted by molar-refractivity contribution is 5.37. The largest absolute Gasteiger partial charge is 0.377 e. The Kier molecular flexibility index (Phi) is 8.80. The fourth-order valence-corrected chi connectivity index (χ4v) is 1.89. The summed E-state index contributed by atoms with van der Waals surface area (Å²) in [5, 5.41) is 0. The van der Waals surface area contributed by atoms with Crippen molar-refractivity contribution in [1.29, 1.82) is 0 Å². The number of ether oxygens (including phenoxy) is 1. The molecule has 0 fully saturated rings. The molecule has 1 rings (SSSR count). The monoisotopic (exact) mass is 259 g/mol. The molecule has 0 atom stereocenters. The van der Waals surface area contributed by atoms with Crippen LogP contribution in [0.4, 0.5) is 0 Å². The third-order valence-electron chi connectivity index (χ3n) is 2.92. The van der Waals surface area contributed by atoms with E-state index in [-0.39, 0.29) is 0 Å². The lowest BCUT2D eigenvalue weighted by atomic mass is 10.1. The fraction of sp³-hybridized carbons (Fsp3) is 0.529. The van der Waals surface area contributed by atoms with Crippen molar-refractivity contribution in [3.63, 3.8) is 0 Å². The molecule has 1 aromatic carbocycles. The van der Waals surface area contributed by atoms with Crippen LogP contribution in [-0.2, 0) is 11.3 Å². The van der Waals surface area contributed by atoms with E-state index in [9.17, 15) is 0 Å². The number of hydrogen-bond donors (Lipinski definition) is 1. The summed E-state index contributed by atoms with van der Waals surface area (Å²) in [7, 11) is 0. The van der Waals surface area contributed by atoms with Gasteiger partial charge >= 0.3 is 0 Å². The zero-order valence-electron chi connectivity index (χ0n) is 12.0. The summed E-state index contributed by atoms with van der Waals surface area (Å²) in [5.74, 6) is 5.90. The summed E-state index contributed by atoms with van der Waals surface area (Å²) in [6.07, 6.45) is 6.38. The van der Waals surface area contributed by atoms with Crippen LogP contribution in [0.3, 0.4) is 0 Å². The molecule has 0 aliphatic rings. The Labute approximate surface area is 117 Å². The molecule has 2 N–H and O–H groups in total. The number of unbranched alkanes of at least 4 members (excludes halogenated alkanes) is 4. The first-order chi connectivity index (χ1) is 9.36. The molecule has 104 valence electrons. The van der Waals surface area contributed by atoms with Gasteiger partial charge in [-0.2, -0.15) is 0 Å². The van der Waals surface area contributed by atoms with E-state index in [0.717, 1.165) is 18.6 Å². The lowest BCUT2D eigenvalue weighted by Gasteiger charge is -2.05. The van der Waals surface area contributed by atoms with Crippen LogP contribution >= 0.6 is 0 Å². The fourth-order valence-electron chi connectivity index (χ4n) is 1.89. The van der Waals surface area contributed by atoms with Gasteiger partial charge in [-0.3, -0.25) is 0 Å². The van der Waals surface area contributed by atoms with Gasteiger partial charge in [0, 0.05) is 12.2 Å². The Morgan fingerprint density at radius 3 is 2.79 bits per heavy atom. The predicted octanol–water partition coefficient (Wildman–Crippen LogP) is 3.48. The predicted molar refractivity (Wildman–Crippen MR) is 80.8 cm³/mol. The molecule has 2 heteroatoms. The van der Waals surface area contributed by atoms with Crippen molar-refractivity contribution in [2.75, 3.05) is 13.2 Å². The molecule has 0 unspecified atom stereocenters. The first-order valence-corrected chi connectivity index (χ1v) is 7.22. The third-order valence-corrected chi connectivity index (χ3v) is 2.92. The molecule has 1 aromatic rings. The van der Waals surface area contributed by atoms with Gasteiger partial charge in [0.25, 0.3) is 0 Å². The highest BCUT2D eigenvalue weighted by Crippen LogP contribution is 2.07. The molecule has 0 heterocycles. The van der Waals surface area contributed by atoms with Crippen LogP contribution in [0.1, 0.15) is 50.2 Å². The standard InChI is InChI=1S/C17H25NO/c1-2-3-4-5-6-13-19-15-17-10-7-9-16(14-17)11-8-12-18/h7,9-10,14H,2-6,12-13,15,18H2,1H3. The van der Waals surface area contributed by atoms with Crippen molar-refractivity contribution in [2.24, 2.45) is 5.73 Å². The second-order valence-electron chi connectivity index (χ2n) is 4.67. The van der Waals surface area contributed by atoms with Crippen molar-refractivity contribution < 1.29 is 4.74 Å². The number of rotatable bonds is 8. The Hall–Kier alpha value is -1.30. The van der Waals surface area contributed by atoms with Crippen LogP contribution in [0.15, 0.2) is 24.3 Å². The normalized spacial score (nSPS) is 10.0. The Bertz CT molecular complexity index is 403. The van der Waals surface area contributed by atoms with E-state index in [1.54, 1.807) is 0 Å². The van der Waals surface area contributed by atoms with E-state index in [1.165, 1.54) is 31.2 Å². The summed E-state index contributed by atoms with van der Waals surface area (Å²) in [4.78, 5) is 0. The minimum atomic E-state index is 0.401. The van der Waals surface area contributed by atoms with Crippen molar-refractivity contribution >= 4 is 0 Å². The summed E-state index contributed by atoms with van der Waals surface area (Å²) in [6.45, 7) is 4.16. The van der Waals surface area contributed by atoms with E-state index in [4.69, 9.17) is 10.5 Å². The van der Waals surface area contributed by atoms with Gasteiger partial charge in [-0.05, 0) is 24.1 Å². The number of hydrogen-bond acceptors (Lipinski definition) is 2. The molecule has 0 aromatic heterocycles. The van der Waals surface area contributed by atoms with Gasteiger partial charge in [0.1, 0.15) is 0 Å². The van der Waals surface area contributed by atoms with Crippen LogP contribution in [0.25, 0.3) is 0 Å². The average Bonchev–Trinajstić information content (AvgIpc) is 2.44. The molecule has 0 saturated heterocycles. The van der Waals surface area contributed by atoms with Crippen LogP contribution in [0.2, 0.25) is 0 Å². The highest BCUT2D eigenvalue weighted by atomic mass is 16.5. The molecule has 0 saturated carbocycles.